The van der Waals surface area contributed by atoms with Gasteiger partial charge in [-0.3, -0.25) is 4.79 Å². The van der Waals surface area contributed by atoms with Gasteiger partial charge < -0.3 is 15.3 Å². The van der Waals surface area contributed by atoms with Crippen molar-refractivity contribution in [2.24, 2.45) is 11.8 Å². The number of carboxylic acid groups (broad SMARTS) is 1. The van der Waals surface area contributed by atoms with Crippen molar-refractivity contribution in [3.05, 3.63) is 24.3 Å². The predicted octanol–water partition coefficient (Wildman–Crippen LogP) is 4.85. The van der Waals surface area contributed by atoms with E-state index in [4.69, 9.17) is 5.11 Å². The lowest BCUT2D eigenvalue weighted by Gasteiger charge is -2.19. The Labute approximate surface area is 159 Å². The van der Waals surface area contributed by atoms with Crippen LogP contribution >= 0.6 is 0 Å². The first-order chi connectivity index (χ1) is 12.5. The molecule has 1 saturated carbocycles. The molecule has 0 aliphatic heterocycles. The molecule has 0 spiro atoms. The van der Waals surface area contributed by atoms with Crippen LogP contribution in [0.5, 0.6) is 0 Å². The van der Waals surface area contributed by atoms with Crippen LogP contribution in [0.1, 0.15) is 84.0 Å². The summed E-state index contributed by atoms with van der Waals surface area (Å²) in [5.41, 5.74) is 0. The standard InChI is InChI=1S/C22H38O4/c1-2-3-4-5-8-11-19(23)16-14-18-15-17-21(24)20(18)12-9-6-7-10-13-22(25)26/h6-7,14,16,18-21,23-24H,2-5,8-13,15,17H2,1H3,(H,25,26)/b7-6-,16-14+. The maximum absolute atomic E-state index is 10.5. The summed E-state index contributed by atoms with van der Waals surface area (Å²) in [7, 11) is 0. The molecule has 0 aromatic heterocycles. The number of carboxylic acids is 1. The van der Waals surface area contributed by atoms with Crippen LogP contribution in [0.4, 0.5) is 0 Å². The molecule has 0 amide bonds. The van der Waals surface area contributed by atoms with E-state index in [9.17, 15) is 15.0 Å². The molecule has 1 rings (SSSR count). The Morgan fingerprint density at radius 2 is 1.85 bits per heavy atom. The van der Waals surface area contributed by atoms with Crippen molar-refractivity contribution >= 4 is 5.97 Å². The first-order valence-corrected chi connectivity index (χ1v) is 10.5. The summed E-state index contributed by atoms with van der Waals surface area (Å²) in [4.78, 5) is 10.5. The van der Waals surface area contributed by atoms with Gasteiger partial charge in [-0.15, -0.1) is 0 Å². The van der Waals surface area contributed by atoms with Crippen molar-refractivity contribution in [1.29, 1.82) is 0 Å². The molecular weight excluding hydrogens is 328 g/mol. The summed E-state index contributed by atoms with van der Waals surface area (Å²) < 4.78 is 0. The monoisotopic (exact) mass is 366 g/mol. The Hall–Kier alpha value is -1.13. The molecule has 150 valence electrons. The van der Waals surface area contributed by atoms with E-state index in [1.54, 1.807) is 0 Å². The maximum atomic E-state index is 10.5. The van der Waals surface area contributed by atoms with E-state index in [0.29, 0.717) is 12.3 Å². The summed E-state index contributed by atoms with van der Waals surface area (Å²) in [6.45, 7) is 2.20. The lowest BCUT2D eigenvalue weighted by atomic mass is 9.89. The minimum absolute atomic E-state index is 0.171. The van der Waals surface area contributed by atoms with Gasteiger partial charge in [0.15, 0.2) is 0 Å². The van der Waals surface area contributed by atoms with Gasteiger partial charge >= 0.3 is 5.97 Å². The lowest BCUT2D eigenvalue weighted by Crippen LogP contribution is -2.18. The van der Waals surface area contributed by atoms with Gasteiger partial charge in [0.1, 0.15) is 0 Å². The van der Waals surface area contributed by atoms with E-state index in [2.05, 4.69) is 13.0 Å². The Balaban J connectivity index is 2.29. The van der Waals surface area contributed by atoms with E-state index in [-0.39, 0.29) is 24.5 Å². The number of aliphatic carboxylic acids is 1. The molecular formula is C22H38O4. The molecule has 0 radical (unpaired) electrons. The first kappa shape index (κ1) is 22.9. The van der Waals surface area contributed by atoms with Crippen LogP contribution in [0.25, 0.3) is 0 Å². The van der Waals surface area contributed by atoms with Gasteiger partial charge in [0.2, 0.25) is 0 Å². The largest absolute Gasteiger partial charge is 0.481 e. The summed E-state index contributed by atoms with van der Waals surface area (Å²) in [5, 5.41) is 29.0. The van der Waals surface area contributed by atoms with Crippen molar-refractivity contribution in [2.75, 3.05) is 0 Å². The third kappa shape index (κ3) is 10.1. The number of unbranched alkanes of at least 4 members (excludes halogenated alkanes) is 4. The van der Waals surface area contributed by atoms with E-state index >= 15 is 0 Å². The summed E-state index contributed by atoms with van der Waals surface area (Å²) >= 11 is 0. The number of allylic oxidation sites excluding steroid dienone is 3. The maximum Gasteiger partial charge on any atom is 0.303 e. The second kappa shape index (κ2) is 14.0. The Morgan fingerprint density at radius 1 is 1.12 bits per heavy atom. The van der Waals surface area contributed by atoms with E-state index in [0.717, 1.165) is 38.5 Å². The van der Waals surface area contributed by atoms with Crippen molar-refractivity contribution in [1.82, 2.24) is 0 Å². The summed E-state index contributed by atoms with van der Waals surface area (Å²) in [6, 6.07) is 0. The van der Waals surface area contributed by atoms with Gasteiger partial charge in [-0.25, -0.2) is 0 Å². The number of rotatable bonds is 14. The Morgan fingerprint density at radius 3 is 2.58 bits per heavy atom. The molecule has 3 N–H and O–H groups in total. The quantitative estimate of drug-likeness (QED) is 0.303. The van der Waals surface area contributed by atoms with E-state index < -0.39 is 5.97 Å². The van der Waals surface area contributed by atoms with Gasteiger partial charge in [0, 0.05) is 6.42 Å². The van der Waals surface area contributed by atoms with Crippen LogP contribution in [0, 0.1) is 11.8 Å². The van der Waals surface area contributed by atoms with Crippen LogP contribution < -0.4 is 0 Å². The van der Waals surface area contributed by atoms with Gasteiger partial charge in [0.05, 0.1) is 12.2 Å². The predicted molar refractivity (Wildman–Crippen MR) is 106 cm³/mol. The van der Waals surface area contributed by atoms with Crippen LogP contribution in [0.2, 0.25) is 0 Å². The molecule has 0 heterocycles. The molecule has 4 heteroatoms. The second-order valence-corrected chi connectivity index (χ2v) is 7.61. The number of aliphatic hydroxyl groups is 2. The zero-order valence-corrected chi connectivity index (χ0v) is 16.4. The molecule has 0 aromatic rings. The number of hydrogen-bond acceptors (Lipinski definition) is 3. The number of aliphatic hydroxyl groups excluding tert-OH is 2. The smallest absolute Gasteiger partial charge is 0.303 e. The molecule has 1 fully saturated rings. The van der Waals surface area contributed by atoms with Crippen LogP contribution in [0.15, 0.2) is 24.3 Å². The third-order valence-corrected chi connectivity index (χ3v) is 5.38. The van der Waals surface area contributed by atoms with Gasteiger partial charge in [-0.2, -0.15) is 0 Å². The molecule has 1 aliphatic carbocycles. The highest BCUT2D eigenvalue weighted by molar-refractivity contribution is 5.66. The SMILES string of the molecule is CCCCCCCC(O)/C=C/C1CCC(O)C1CC/C=C\CCC(=O)O. The van der Waals surface area contributed by atoms with Crippen LogP contribution in [-0.4, -0.2) is 33.5 Å². The number of hydrogen-bond donors (Lipinski definition) is 3. The number of carbonyl (C=O) groups is 1. The highest BCUT2D eigenvalue weighted by Crippen LogP contribution is 2.36. The average Bonchev–Trinajstić information content (AvgIpc) is 2.95. The van der Waals surface area contributed by atoms with E-state index in [1.807, 2.05) is 18.2 Å². The Bertz CT molecular complexity index is 430. The molecule has 4 atom stereocenters. The Kier molecular flexibility index (Phi) is 12.3. The molecule has 4 nitrogen and oxygen atoms in total. The molecule has 1 aliphatic rings. The molecule has 0 saturated heterocycles. The normalized spacial score (nSPS) is 24.7. The molecule has 26 heavy (non-hydrogen) atoms. The van der Waals surface area contributed by atoms with Gasteiger partial charge in [-0.1, -0.05) is 63.3 Å². The summed E-state index contributed by atoms with van der Waals surface area (Å²) in [6.07, 6.45) is 18.5. The highest BCUT2D eigenvalue weighted by Gasteiger charge is 2.32. The van der Waals surface area contributed by atoms with Crippen molar-refractivity contribution < 1.29 is 20.1 Å². The topological polar surface area (TPSA) is 77.8 Å². The minimum atomic E-state index is -0.769. The fourth-order valence-corrected chi connectivity index (χ4v) is 3.78. The van der Waals surface area contributed by atoms with E-state index in [1.165, 1.54) is 25.7 Å². The van der Waals surface area contributed by atoms with Gasteiger partial charge in [-0.05, 0) is 50.4 Å². The summed E-state index contributed by atoms with van der Waals surface area (Å²) in [5.74, 6) is -0.186. The van der Waals surface area contributed by atoms with Crippen LogP contribution in [0.3, 0.4) is 0 Å². The van der Waals surface area contributed by atoms with Crippen molar-refractivity contribution in [2.45, 2.75) is 96.2 Å². The fraction of sp³-hybridized carbons (Fsp3) is 0.773. The molecule has 0 bridgehead atoms. The average molecular weight is 367 g/mol. The zero-order valence-electron chi connectivity index (χ0n) is 16.4. The van der Waals surface area contributed by atoms with Crippen molar-refractivity contribution in [3.8, 4) is 0 Å². The van der Waals surface area contributed by atoms with Crippen LogP contribution in [-0.2, 0) is 4.79 Å². The lowest BCUT2D eigenvalue weighted by molar-refractivity contribution is -0.136. The van der Waals surface area contributed by atoms with Crippen molar-refractivity contribution in [3.63, 3.8) is 0 Å². The zero-order chi connectivity index (χ0) is 19.2. The molecule has 0 aromatic carbocycles. The fourth-order valence-electron chi connectivity index (χ4n) is 3.78. The first-order valence-electron chi connectivity index (χ1n) is 10.5. The highest BCUT2D eigenvalue weighted by atomic mass is 16.4. The second-order valence-electron chi connectivity index (χ2n) is 7.61. The minimum Gasteiger partial charge on any atom is -0.481 e. The third-order valence-electron chi connectivity index (χ3n) is 5.38. The van der Waals surface area contributed by atoms with Gasteiger partial charge in [0.25, 0.3) is 0 Å². The molecule has 4 unspecified atom stereocenters.